The van der Waals surface area contributed by atoms with Crippen LogP contribution < -0.4 is 5.32 Å². The monoisotopic (exact) mass is 346 g/mol. The number of halogens is 3. The van der Waals surface area contributed by atoms with Gasteiger partial charge in [-0.2, -0.15) is 18.3 Å². The van der Waals surface area contributed by atoms with Crippen molar-refractivity contribution in [2.45, 2.75) is 37.9 Å². The van der Waals surface area contributed by atoms with Crippen molar-refractivity contribution in [3.05, 3.63) is 11.8 Å². The minimum atomic E-state index is -4.49. The summed E-state index contributed by atoms with van der Waals surface area (Å²) in [5.74, 6) is -0.508. The molecule has 3 rings (SSSR count). The molecule has 1 aliphatic carbocycles. The van der Waals surface area contributed by atoms with Crippen LogP contribution in [-0.2, 0) is 15.7 Å². The number of alkyl halides is 3. The van der Waals surface area contributed by atoms with Crippen LogP contribution in [-0.4, -0.2) is 53.3 Å². The fourth-order valence-electron chi connectivity index (χ4n) is 3.41. The molecule has 0 aromatic carbocycles. The first-order valence-corrected chi connectivity index (χ1v) is 8.19. The third-order valence-corrected chi connectivity index (χ3v) is 4.76. The number of rotatable bonds is 3. The maximum Gasteiger partial charge on any atom is 0.432 e. The number of nitrogens with one attached hydrogen (secondary N) is 2. The van der Waals surface area contributed by atoms with Crippen molar-refractivity contribution in [3.8, 4) is 0 Å². The summed E-state index contributed by atoms with van der Waals surface area (Å²) in [6.45, 7) is 3.35. The van der Waals surface area contributed by atoms with Crippen LogP contribution in [0.25, 0.3) is 0 Å². The predicted octanol–water partition coefficient (Wildman–Crippen LogP) is 2.26. The number of nitrogens with zero attached hydrogens (tertiary/aromatic N) is 2. The molecule has 1 aromatic rings. The SMILES string of the molecule is O=C(Nc1cc(C(F)(F)F)[nH]n1)C1CCC(N2CCOCC2)CC1. The minimum absolute atomic E-state index is 0.0809. The summed E-state index contributed by atoms with van der Waals surface area (Å²) < 4.78 is 42.9. The molecule has 1 aliphatic heterocycles. The number of H-pyrrole nitrogens is 1. The van der Waals surface area contributed by atoms with Crippen molar-refractivity contribution in [3.63, 3.8) is 0 Å². The number of morpholine rings is 1. The van der Waals surface area contributed by atoms with Crippen LogP contribution in [0.4, 0.5) is 19.0 Å². The second kappa shape index (κ2) is 7.10. The molecule has 2 heterocycles. The summed E-state index contributed by atoms with van der Waals surface area (Å²) in [6.07, 6.45) is -1.17. The molecule has 0 spiro atoms. The highest BCUT2D eigenvalue weighted by Crippen LogP contribution is 2.31. The number of aromatic nitrogens is 2. The first-order valence-electron chi connectivity index (χ1n) is 8.19. The van der Waals surface area contributed by atoms with E-state index in [0.717, 1.165) is 58.1 Å². The van der Waals surface area contributed by atoms with Crippen LogP contribution in [0.5, 0.6) is 0 Å². The summed E-state index contributed by atoms with van der Waals surface area (Å²) in [5.41, 5.74) is -0.964. The van der Waals surface area contributed by atoms with Crippen LogP contribution in [0.3, 0.4) is 0 Å². The van der Waals surface area contributed by atoms with Gasteiger partial charge in [0.2, 0.25) is 5.91 Å². The quantitative estimate of drug-likeness (QED) is 0.881. The van der Waals surface area contributed by atoms with Crippen LogP contribution in [0.15, 0.2) is 6.07 Å². The van der Waals surface area contributed by atoms with Crippen molar-refractivity contribution in [1.82, 2.24) is 15.1 Å². The Morgan fingerprint density at radius 1 is 1.25 bits per heavy atom. The highest BCUT2D eigenvalue weighted by atomic mass is 19.4. The third-order valence-electron chi connectivity index (χ3n) is 4.76. The summed E-state index contributed by atoms with van der Waals surface area (Å²) in [5, 5.41) is 7.89. The van der Waals surface area contributed by atoms with Crippen molar-refractivity contribution >= 4 is 11.7 Å². The Labute approximate surface area is 137 Å². The number of hydrogen-bond donors (Lipinski definition) is 2. The number of hydrogen-bond acceptors (Lipinski definition) is 4. The van der Waals surface area contributed by atoms with Gasteiger partial charge in [-0.1, -0.05) is 0 Å². The molecule has 134 valence electrons. The lowest BCUT2D eigenvalue weighted by Crippen LogP contribution is -2.45. The molecule has 1 saturated heterocycles. The molecule has 1 saturated carbocycles. The Morgan fingerprint density at radius 2 is 1.92 bits per heavy atom. The molecule has 0 unspecified atom stereocenters. The Bertz CT molecular complexity index is 561. The van der Waals surface area contributed by atoms with Crippen LogP contribution >= 0.6 is 0 Å². The van der Waals surface area contributed by atoms with Gasteiger partial charge in [-0.05, 0) is 25.7 Å². The number of amides is 1. The smallest absolute Gasteiger partial charge is 0.379 e. The molecule has 6 nitrogen and oxygen atoms in total. The van der Waals surface area contributed by atoms with E-state index in [0.29, 0.717) is 6.04 Å². The van der Waals surface area contributed by atoms with Gasteiger partial charge in [0, 0.05) is 31.1 Å². The van der Waals surface area contributed by atoms with Gasteiger partial charge in [-0.3, -0.25) is 14.8 Å². The summed E-state index contributed by atoms with van der Waals surface area (Å²) >= 11 is 0. The number of carbonyl (C=O) groups excluding carboxylic acids is 1. The van der Waals surface area contributed by atoms with E-state index in [1.165, 1.54) is 0 Å². The Hall–Kier alpha value is -1.61. The zero-order chi connectivity index (χ0) is 17.2. The molecule has 1 amide bonds. The molecule has 0 bridgehead atoms. The van der Waals surface area contributed by atoms with Crippen molar-refractivity contribution in [1.29, 1.82) is 0 Å². The van der Waals surface area contributed by atoms with Gasteiger partial charge in [-0.15, -0.1) is 0 Å². The molecule has 0 atom stereocenters. The average molecular weight is 346 g/mol. The van der Waals surface area contributed by atoms with Gasteiger partial charge in [-0.25, -0.2) is 0 Å². The zero-order valence-electron chi connectivity index (χ0n) is 13.2. The Balaban J connectivity index is 1.49. The molecule has 1 aromatic heterocycles. The molecular weight excluding hydrogens is 325 g/mol. The molecular formula is C15H21F3N4O2. The van der Waals surface area contributed by atoms with E-state index >= 15 is 0 Å². The van der Waals surface area contributed by atoms with E-state index in [1.807, 2.05) is 5.10 Å². The lowest BCUT2D eigenvalue weighted by molar-refractivity contribution is -0.141. The highest BCUT2D eigenvalue weighted by Gasteiger charge is 2.34. The van der Waals surface area contributed by atoms with E-state index in [2.05, 4.69) is 15.3 Å². The third kappa shape index (κ3) is 4.07. The molecule has 2 fully saturated rings. The Kier molecular flexibility index (Phi) is 5.09. The number of carbonyl (C=O) groups is 1. The normalized spacial score (nSPS) is 26.3. The number of ether oxygens (including phenoxy) is 1. The van der Waals surface area contributed by atoms with Crippen molar-refractivity contribution in [2.75, 3.05) is 31.6 Å². The second-order valence-corrected chi connectivity index (χ2v) is 6.31. The van der Waals surface area contributed by atoms with Gasteiger partial charge >= 0.3 is 6.18 Å². The number of anilines is 1. The summed E-state index contributed by atoms with van der Waals surface area (Å²) in [4.78, 5) is 14.6. The van der Waals surface area contributed by atoms with Gasteiger partial charge in [0.25, 0.3) is 0 Å². The lowest BCUT2D eigenvalue weighted by atomic mass is 9.84. The van der Waals surface area contributed by atoms with Crippen molar-refractivity contribution < 1.29 is 22.7 Å². The fourth-order valence-corrected chi connectivity index (χ4v) is 3.41. The molecule has 2 aliphatic rings. The van der Waals surface area contributed by atoms with Gasteiger partial charge in [0.05, 0.1) is 13.2 Å². The van der Waals surface area contributed by atoms with Gasteiger partial charge < -0.3 is 10.1 Å². The highest BCUT2D eigenvalue weighted by molar-refractivity contribution is 5.91. The van der Waals surface area contributed by atoms with E-state index in [4.69, 9.17) is 4.74 Å². The topological polar surface area (TPSA) is 70.2 Å². The summed E-state index contributed by atoms with van der Waals surface area (Å²) in [6, 6.07) is 1.29. The predicted molar refractivity (Wildman–Crippen MR) is 80.4 cm³/mol. The van der Waals surface area contributed by atoms with Crippen molar-refractivity contribution in [2.24, 2.45) is 5.92 Å². The molecule has 24 heavy (non-hydrogen) atoms. The van der Waals surface area contributed by atoms with Gasteiger partial charge in [0.15, 0.2) is 5.82 Å². The average Bonchev–Trinajstić information content (AvgIpc) is 3.05. The number of aromatic amines is 1. The molecule has 0 radical (unpaired) electrons. The van der Waals surface area contributed by atoms with E-state index in [9.17, 15) is 18.0 Å². The standard InChI is InChI=1S/C15H21F3N4O2/c16-15(17,18)12-9-13(21-20-12)19-14(23)10-1-3-11(4-2-10)22-5-7-24-8-6-22/h9-11H,1-8H2,(H2,19,20,21,23). The first-order chi connectivity index (χ1) is 11.4. The van der Waals surface area contributed by atoms with Crippen LogP contribution in [0, 0.1) is 5.92 Å². The van der Waals surface area contributed by atoms with E-state index in [-0.39, 0.29) is 17.6 Å². The van der Waals surface area contributed by atoms with E-state index < -0.39 is 11.9 Å². The summed E-state index contributed by atoms with van der Waals surface area (Å²) in [7, 11) is 0. The van der Waals surface area contributed by atoms with Gasteiger partial charge in [0.1, 0.15) is 5.69 Å². The maximum atomic E-state index is 12.5. The molecule has 9 heteroatoms. The maximum absolute atomic E-state index is 12.5. The molecule has 2 N–H and O–H groups in total. The second-order valence-electron chi connectivity index (χ2n) is 6.31. The van der Waals surface area contributed by atoms with E-state index in [1.54, 1.807) is 0 Å². The Morgan fingerprint density at radius 3 is 2.50 bits per heavy atom. The zero-order valence-corrected chi connectivity index (χ0v) is 13.2. The first kappa shape index (κ1) is 17.2. The van der Waals surface area contributed by atoms with Crippen LogP contribution in [0.2, 0.25) is 0 Å². The van der Waals surface area contributed by atoms with Crippen LogP contribution in [0.1, 0.15) is 31.4 Å². The largest absolute Gasteiger partial charge is 0.432 e. The lowest BCUT2D eigenvalue weighted by Gasteiger charge is -2.38. The fraction of sp³-hybridized carbons (Fsp3) is 0.733. The minimum Gasteiger partial charge on any atom is -0.379 e.